The van der Waals surface area contributed by atoms with Gasteiger partial charge in [0.25, 0.3) is 0 Å². The van der Waals surface area contributed by atoms with Crippen LogP contribution in [0.2, 0.25) is 0 Å². The van der Waals surface area contributed by atoms with E-state index in [1.807, 2.05) is 6.92 Å². The van der Waals surface area contributed by atoms with Gasteiger partial charge < -0.3 is 0 Å². The molecule has 0 saturated carbocycles. The van der Waals surface area contributed by atoms with Crippen LogP contribution >= 0.6 is 0 Å². The van der Waals surface area contributed by atoms with Crippen molar-refractivity contribution in [3.05, 3.63) is 11.1 Å². The van der Waals surface area contributed by atoms with Gasteiger partial charge in [0.2, 0.25) is 0 Å². The second kappa shape index (κ2) is 2.97. The summed E-state index contributed by atoms with van der Waals surface area (Å²) in [6.07, 6.45) is 0. The van der Waals surface area contributed by atoms with E-state index in [0.717, 1.165) is 5.57 Å². The SMILES string of the molecule is CC1=C(C)C(C)C(C)C(C)(C)C1=O. The summed E-state index contributed by atoms with van der Waals surface area (Å²) < 4.78 is 0. The molecule has 1 rings (SSSR count). The zero-order valence-electron chi connectivity index (χ0n) is 9.56. The Labute approximate surface area is 81.2 Å². The lowest BCUT2D eigenvalue weighted by Crippen LogP contribution is -2.40. The summed E-state index contributed by atoms with van der Waals surface area (Å²) in [5.74, 6) is 1.31. The average Bonchev–Trinajstić information content (AvgIpc) is 2.09. The summed E-state index contributed by atoms with van der Waals surface area (Å²) >= 11 is 0. The lowest BCUT2D eigenvalue weighted by atomic mass is 9.62. The number of Topliss-reactive ketones (excluding diaryl/α,β-unsaturated/α-hetero) is 1. The van der Waals surface area contributed by atoms with E-state index in [-0.39, 0.29) is 5.41 Å². The summed E-state index contributed by atoms with van der Waals surface area (Å²) in [5, 5.41) is 0. The maximum atomic E-state index is 12.0. The monoisotopic (exact) mass is 180 g/mol. The standard InChI is InChI=1S/C12H20O/c1-7-8(2)10(4)12(5,6)11(13)9(7)3/h8,10H,1-6H3. The number of allylic oxidation sites excluding steroid dienone is 2. The van der Waals surface area contributed by atoms with Gasteiger partial charge in [0, 0.05) is 5.41 Å². The normalized spacial score (nSPS) is 33.8. The molecule has 1 nitrogen and oxygen atoms in total. The molecule has 0 fully saturated rings. The molecule has 0 heterocycles. The van der Waals surface area contributed by atoms with Crippen LogP contribution in [-0.4, -0.2) is 5.78 Å². The van der Waals surface area contributed by atoms with E-state index in [4.69, 9.17) is 0 Å². The zero-order chi connectivity index (χ0) is 10.4. The van der Waals surface area contributed by atoms with Crippen molar-refractivity contribution in [2.24, 2.45) is 17.3 Å². The van der Waals surface area contributed by atoms with E-state index in [0.29, 0.717) is 17.6 Å². The number of hydrogen-bond acceptors (Lipinski definition) is 1. The Kier molecular flexibility index (Phi) is 2.40. The highest BCUT2D eigenvalue weighted by Gasteiger charge is 2.42. The van der Waals surface area contributed by atoms with Gasteiger partial charge in [-0.1, -0.05) is 33.3 Å². The van der Waals surface area contributed by atoms with Crippen LogP contribution in [0.3, 0.4) is 0 Å². The van der Waals surface area contributed by atoms with Crippen LogP contribution in [0.4, 0.5) is 0 Å². The Hall–Kier alpha value is -0.590. The van der Waals surface area contributed by atoms with Crippen LogP contribution < -0.4 is 0 Å². The summed E-state index contributed by atoms with van der Waals surface area (Å²) in [6, 6.07) is 0. The Morgan fingerprint density at radius 2 is 1.62 bits per heavy atom. The van der Waals surface area contributed by atoms with Crippen molar-refractivity contribution in [2.45, 2.75) is 41.5 Å². The lowest BCUT2D eigenvalue weighted by molar-refractivity contribution is -0.127. The summed E-state index contributed by atoms with van der Waals surface area (Å²) in [4.78, 5) is 12.0. The summed E-state index contributed by atoms with van der Waals surface area (Å²) in [5.41, 5.74) is 2.08. The van der Waals surface area contributed by atoms with E-state index in [1.54, 1.807) is 0 Å². The Morgan fingerprint density at radius 3 is 2.08 bits per heavy atom. The van der Waals surface area contributed by atoms with Crippen molar-refractivity contribution in [3.8, 4) is 0 Å². The van der Waals surface area contributed by atoms with Gasteiger partial charge in [-0.3, -0.25) is 4.79 Å². The fourth-order valence-corrected chi connectivity index (χ4v) is 2.21. The number of hydrogen-bond donors (Lipinski definition) is 0. The first kappa shape index (κ1) is 10.5. The first-order valence-electron chi connectivity index (χ1n) is 5.02. The number of ketones is 1. The largest absolute Gasteiger partial charge is 0.294 e. The smallest absolute Gasteiger partial charge is 0.164 e. The van der Waals surface area contributed by atoms with Gasteiger partial charge in [-0.05, 0) is 31.3 Å². The second-order valence-corrected chi connectivity index (χ2v) is 4.94. The third-order valence-electron chi connectivity index (χ3n) is 4.09. The molecule has 13 heavy (non-hydrogen) atoms. The van der Waals surface area contributed by atoms with Crippen molar-refractivity contribution in [2.75, 3.05) is 0 Å². The molecule has 0 aromatic carbocycles. The van der Waals surface area contributed by atoms with Gasteiger partial charge in [-0.15, -0.1) is 0 Å². The molecular formula is C12H20O. The van der Waals surface area contributed by atoms with Crippen LogP contribution in [0.15, 0.2) is 11.1 Å². The van der Waals surface area contributed by atoms with E-state index in [9.17, 15) is 4.79 Å². The second-order valence-electron chi connectivity index (χ2n) is 4.94. The van der Waals surface area contributed by atoms with E-state index < -0.39 is 0 Å². The molecule has 0 spiro atoms. The van der Waals surface area contributed by atoms with Crippen molar-refractivity contribution >= 4 is 5.78 Å². The molecule has 0 aliphatic heterocycles. The fourth-order valence-electron chi connectivity index (χ4n) is 2.21. The van der Waals surface area contributed by atoms with Crippen molar-refractivity contribution in [3.63, 3.8) is 0 Å². The van der Waals surface area contributed by atoms with Gasteiger partial charge in [0.1, 0.15) is 0 Å². The molecule has 0 saturated heterocycles. The highest BCUT2D eigenvalue weighted by Crippen LogP contribution is 2.43. The Bertz CT molecular complexity index is 271. The molecule has 0 bridgehead atoms. The highest BCUT2D eigenvalue weighted by molar-refractivity contribution is 6.00. The average molecular weight is 180 g/mol. The number of carbonyl (C=O) groups excluding carboxylic acids is 1. The van der Waals surface area contributed by atoms with Crippen LogP contribution in [0.25, 0.3) is 0 Å². The minimum absolute atomic E-state index is 0.178. The molecule has 2 atom stereocenters. The topological polar surface area (TPSA) is 17.1 Å². The third-order valence-corrected chi connectivity index (χ3v) is 4.09. The lowest BCUT2D eigenvalue weighted by Gasteiger charge is -2.40. The van der Waals surface area contributed by atoms with Crippen LogP contribution in [-0.2, 0) is 4.79 Å². The minimum atomic E-state index is -0.178. The number of rotatable bonds is 0. The summed E-state index contributed by atoms with van der Waals surface area (Å²) in [6.45, 7) is 12.6. The highest BCUT2D eigenvalue weighted by atomic mass is 16.1. The maximum absolute atomic E-state index is 12.0. The Morgan fingerprint density at radius 1 is 1.15 bits per heavy atom. The van der Waals surface area contributed by atoms with E-state index in [2.05, 4.69) is 34.6 Å². The molecule has 1 heteroatoms. The molecule has 0 amide bonds. The maximum Gasteiger partial charge on any atom is 0.164 e. The minimum Gasteiger partial charge on any atom is -0.294 e. The van der Waals surface area contributed by atoms with Crippen molar-refractivity contribution < 1.29 is 4.79 Å². The first-order chi connectivity index (χ1) is 5.80. The molecule has 0 N–H and O–H groups in total. The summed E-state index contributed by atoms with van der Waals surface area (Å²) in [7, 11) is 0. The zero-order valence-corrected chi connectivity index (χ0v) is 9.56. The van der Waals surface area contributed by atoms with Gasteiger partial charge in [-0.25, -0.2) is 0 Å². The van der Waals surface area contributed by atoms with Gasteiger partial charge >= 0.3 is 0 Å². The van der Waals surface area contributed by atoms with Gasteiger partial charge in [0.05, 0.1) is 0 Å². The van der Waals surface area contributed by atoms with Crippen molar-refractivity contribution in [1.29, 1.82) is 0 Å². The fraction of sp³-hybridized carbons (Fsp3) is 0.750. The molecular weight excluding hydrogens is 160 g/mol. The third kappa shape index (κ3) is 1.34. The van der Waals surface area contributed by atoms with Crippen LogP contribution in [0.1, 0.15) is 41.5 Å². The molecule has 1 aliphatic rings. The molecule has 0 aromatic rings. The van der Waals surface area contributed by atoms with Gasteiger partial charge in [-0.2, -0.15) is 0 Å². The molecule has 0 radical (unpaired) electrons. The number of carbonyl (C=O) groups is 1. The van der Waals surface area contributed by atoms with Crippen LogP contribution in [0, 0.1) is 17.3 Å². The Balaban J connectivity index is 3.23. The molecule has 74 valence electrons. The first-order valence-corrected chi connectivity index (χ1v) is 5.02. The van der Waals surface area contributed by atoms with E-state index in [1.165, 1.54) is 5.57 Å². The molecule has 0 aromatic heterocycles. The molecule has 1 aliphatic carbocycles. The van der Waals surface area contributed by atoms with Gasteiger partial charge in [0.15, 0.2) is 5.78 Å². The van der Waals surface area contributed by atoms with Crippen LogP contribution in [0.5, 0.6) is 0 Å². The predicted molar refractivity (Wildman–Crippen MR) is 55.5 cm³/mol. The van der Waals surface area contributed by atoms with E-state index >= 15 is 0 Å². The van der Waals surface area contributed by atoms with Crippen molar-refractivity contribution in [1.82, 2.24) is 0 Å². The molecule has 2 unspecified atom stereocenters. The quantitative estimate of drug-likeness (QED) is 0.559. The predicted octanol–water partition coefficient (Wildman–Crippen LogP) is 3.20.